The van der Waals surface area contributed by atoms with E-state index in [9.17, 15) is 4.79 Å². The summed E-state index contributed by atoms with van der Waals surface area (Å²) in [5, 5.41) is 0. The molecule has 1 rings (SSSR count). The Kier molecular flexibility index (Phi) is 2.31. The van der Waals surface area contributed by atoms with Gasteiger partial charge >= 0.3 is 6.21 Å². The van der Waals surface area contributed by atoms with E-state index in [0.29, 0.717) is 13.2 Å². The molecule has 0 aromatic heterocycles. The van der Waals surface area contributed by atoms with E-state index >= 15 is 0 Å². The van der Waals surface area contributed by atoms with Gasteiger partial charge in [0.15, 0.2) is 0 Å². The molecule has 1 atom stereocenters. The zero-order valence-electron chi connectivity index (χ0n) is 5.49. The minimum Gasteiger partial charge on any atom is -0.381 e. The minimum atomic E-state index is -0.153. The fraction of sp³-hybridized carbons (Fsp3) is 0.667. The number of carbonyl (C=O) groups is 1. The molecule has 1 fully saturated rings. The summed E-state index contributed by atoms with van der Waals surface area (Å²) >= 11 is 0. The predicted octanol–water partition coefficient (Wildman–Crippen LogP) is -0.107. The molecule has 0 spiro atoms. The molecule has 4 nitrogen and oxygen atoms in total. The Hall–Kier alpha value is -0.990. The van der Waals surface area contributed by atoms with Crippen molar-refractivity contribution >= 4 is 12.0 Å². The molecule has 4 heteroatoms. The first kappa shape index (κ1) is 7.12. The van der Waals surface area contributed by atoms with Crippen LogP contribution >= 0.6 is 0 Å². The monoisotopic (exact) mass is 140 g/mol. The van der Waals surface area contributed by atoms with E-state index in [2.05, 4.69) is 4.79 Å². The van der Waals surface area contributed by atoms with Crippen molar-refractivity contribution in [3.8, 4) is 0 Å². The van der Waals surface area contributed by atoms with Crippen molar-refractivity contribution in [1.82, 2.24) is 0 Å². The minimum absolute atomic E-state index is 0.0871. The fourth-order valence-corrected chi connectivity index (χ4v) is 0.921. The van der Waals surface area contributed by atoms with Gasteiger partial charge in [-0.3, -0.25) is 4.79 Å². The van der Waals surface area contributed by atoms with Crippen LogP contribution in [0.15, 0.2) is 0 Å². The molecule has 1 unspecified atom stereocenters. The van der Waals surface area contributed by atoms with Gasteiger partial charge in [0.25, 0.3) is 0 Å². The van der Waals surface area contributed by atoms with Crippen molar-refractivity contribution in [2.75, 3.05) is 13.2 Å². The highest BCUT2D eigenvalue weighted by molar-refractivity contribution is 6.26. The molecule has 0 radical (unpaired) electrons. The summed E-state index contributed by atoms with van der Waals surface area (Å²) in [6.45, 7) is 1.10. The molecule has 1 heterocycles. The van der Waals surface area contributed by atoms with E-state index in [1.807, 2.05) is 0 Å². The first-order valence-electron chi connectivity index (χ1n) is 3.13. The highest BCUT2D eigenvalue weighted by Crippen LogP contribution is 2.11. The summed E-state index contributed by atoms with van der Waals surface area (Å²) in [6, 6.07) is 0. The number of rotatable bonds is 2. The Morgan fingerprint density at radius 3 is 3.10 bits per heavy atom. The van der Waals surface area contributed by atoms with E-state index < -0.39 is 0 Å². The van der Waals surface area contributed by atoms with E-state index in [4.69, 9.17) is 10.3 Å². The van der Waals surface area contributed by atoms with Crippen molar-refractivity contribution in [1.29, 1.82) is 0 Å². The first-order chi connectivity index (χ1) is 4.84. The summed E-state index contributed by atoms with van der Waals surface area (Å²) in [5.74, 6) is -0.240. The lowest BCUT2D eigenvalue weighted by molar-refractivity contribution is -0.119. The Morgan fingerprint density at radius 2 is 2.60 bits per heavy atom. The Bertz CT molecular complexity index is 178. The lowest BCUT2D eigenvalue weighted by atomic mass is 10.1. The fourth-order valence-electron chi connectivity index (χ4n) is 0.921. The van der Waals surface area contributed by atoms with Gasteiger partial charge in [0.2, 0.25) is 5.78 Å². The third-order valence-electron chi connectivity index (χ3n) is 1.52. The quantitative estimate of drug-likeness (QED) is 0.305. The Labute approximate surface area is 58.4 Å². The van der Waals surface area contributed by atoms with Crippen LogP contribution in [0.2, 0.25) is 0 Å². The molecule has 54 valence electrons. The van der Waals surface area contributed by atoms with Crippen LogP contribution in [-0.4, -0.2) is 30.0 Å². The second kappa shape index (κ2) is 3.25. The van der Waals surface area contributed by atoms with Gasteiger partial charge in [-0.1, -0.05) is 0 Å². The van der Waals surface area contributed by atoms with E-state index in [-0.39, 0.29) is 11.7 Å². The van der Waals surface area contributed by atoms with E-state index in [1.165, 1.54) is 0 Å². The smallest absolute Gasteiger partial charge is 0.323 e. The molecule has 1 aliphatic heterocycles. The second-order valence-electron chi connectivity index (χ2n) is 2.21. The van der Waals surface area contributed by atoms with Crippen LogP contribution < -0.4 is 0 Å². The Morgan fingerprint density at radius 1 is 1.80 bits per heavy atom. The normalized spacial score (nSPS) is 23.8. The van der Waals surface area contributed by atoms with Crippen LogP contribution in [0, 0.1) is 5.92 Å². The molecule has 0 N–H and O–H groups in total. The first-order valence-corrected chi connectivity index (χ1v) is 3.13. The second-order valence-corrected chi connectivity index (χ2v) is 2.21. The van der Waals surface area contributed by atoms with Crippen LogP contribution in [0.25, 0.3) is 5.53 Å². The van der Waals surface area contributed by atoms with Gasteiger partial charge in [-0.05, 0) is 6.42 Å². The number of ketones is 1. The molecule has 0 aromatic rings. The molecule has 0 aliphatic carbocycles. The molecule has 1 saturated heterocycles. The summed E-state index contributed by atoms with van der Waals surface area (Å²) < 4.78 is 4.96. The zero-order chi connectivity index (χ0) is 7.40. The molecule has 10 heavy (non-hydrogen) atoms. The number of nitrogens with zero attached hydrogens (tertiary/aromatic N) is 2. The molecule has 0 saturated carbocycles. The maximum Gasteiger partial charge on any atom is 0.323 e. The van der Waals surface area contributed by atoms with Crippen molar-refractivity contribution in [2.45, 2.75) is 6.42 Å². The lowest BCUT2D eigenvalue weighted by Crippen LogP contribution is -2.15. The molecule has 0 amide bonds. The van der Waals surface area contributed by atoms with Crippen molar-refractivity contribution < 1.29 is 14.3 Å². The molecular weight excluding hydrogens is 132 g/mol. The molecule has 0 bridgehead atoms. The highest BCUT2D eigenvalue weighted by atomic mass is 16.5. The molecule has 1 aliphatic rings. The summed E-state index contributed by atoms with van der Waals surface area (Å²) in [5.41, 5.74) is 8.00. The largest absolute Gasteiger partial charge is 0.381 e. The molecule has 0 aromatic carbocycles. The third kappa shape index (κ3) is 1.50. The number of carbonyl (C=O) groups excluding carboxylic acids is 1. The van der Waals surface area contributed by atoms with Crippen LogP contribution in [-0.2, 0) is 9.53 Å². The summed E-state index contributed by atoms with van der Waals surface area (Å²) in [7, 11) is 0. The van der Waals surface area contributed by atoms with Gasteiger partial charge < -0.3 is 10.3 Å². The van der Waals surface area contributed by atoms with Gasteiger partial charge in [-0.2, -0.15) is 4.79 Å². The predicted molar refractivity (Wildman–Crippen MR) is 33.6 cm³/mol. The third-order valence-corrected chi connectivity index (χ3v) is 1.52. The van der Waals surface area contributed by atoms with Gasteiger partial charge in [0, 0.05) is 6.61 Å². The van der Waals surface area contributed by atoms with Crippen LogP contribution in [0.3, 0.4) is 0 Å². The van der Waals surface area contributed by atoms with Crippen molar-refractivity contribution in [2.24, 2.45) is 5.92 Å². The van der Waals surface area contributed by atoms with Gasteiger partial charge in [-0.25, -0.2) is 0 Å². The summed E-state index contributed by atoms with van der Waals surface area (Å²) in [6.07, 6.45) is 1.67. The van der Waals surface area contributed by atoms with Crippen molar-refractivity contribution in [3.05, 3.63) is 5.53 Å². The average molecular weight is 140 g/mol. The van der Waals surface area contributed by atoms with Crippen LogP contribution in [0.1, 0.15) is 6.42 Å². The molecular formula is C6H8N2O2. The maximum absolute atomic E-state index is 10.9. The number of ether oxygens (including phenoxy) is 1. The van der Waals surface area contributed by atoms with Crippen LogP contribution in [0.4, 0.5) is 0 Å². The standard InChI is InChI=1S/C6H8N2O2/c7-8-3-6(9)5-1-2-10-4-5/h3,5H,1-2,4H2. The lowest BCUT2D eigenvalue weighted by Gasteiger charge is -1.94. The van der Waals surface area contributed by atoms with E-state index in [1.54, 1.807) is 0 Å². The van der Waals surface area contributed by atoms with Gasteiger partial charge in [0.05, 0.1) is 12.5 Å². The van der Waals surface area contributed by atoms with Crippen LogP contribution in [0.5, 0.6) is 0 Å². The number of Topliss-reactive ketones (excluding diaryl/α,β-unsaturated/α-hetero) is 1. The summed E-state index contributed by atoms with van der Waals surface area (Å²) in [4.78, 5) is 13.5. The number of hydrogen-bond acceptors (Lipinski definition) is 2. The van der Waals surface area contributed by atoms with Gasteiger partial charge in [0.1, 0.15) is 0 Å². The van der Waals surface area contributed by atoms with E-state index in [0.717, 1.165) is 12.6 Å². The average Bonchev–Trinajstić information content (AvgIpc) is 2.38. The highest BCUT2D eigenvalue weighted by Gasteiger charge is 2.24. The zero-order valence-corrected chi connectivity index (χ0v) is 5.49. The topological polar surface area (TPSA) is 62.7 Å². The number of hydrogen-bond donors (Lipinski definition) is 0. The van der Waals surface area contributed by atoms with Gasteiger partial charge in [-0.15, -0.1) is 0 Å². The van der Waals surface area contributed by atoms with Crippen molar-refractivity contribution in [3.63, 3.8) is 0 Å². The maximum atomic E-state index is 10.9. The SMILES string of the molecule is [N-]=[N+]=CC(=O)C1CCOC1. The Balaban J connectivity index is 2.47.